The minimum atomic E-state index is -0.518. The molecule has 0 radical (unpaired) electrons. The number of carbonyl (C=O) groups excluding carboxylic acids is 1. The lowest BCUT2D eigenvalue weighted by atomic mass is 9.89. The van der Waals surface area contributed by atoms with Crippen molar-refractivity contribution < 1.29 is 14.3 Å². The van der Waals surface area contributed by atoms with Gasteiger partial charge < -0.3 is 9.47 Å². The summed E-state index contributed by atoms with van der Waals surface area (Å²) in [7, 11) is 0. The monoisotopic (exact) mass is 501 g/mol. The minimum Gasteiger partial charge on any atom is -0.457 e. The minimum absolute atomic E-state index is 0.303. The highest BCUT2D eigenvalue weighted by atomic mass is 16.5. The van der Waals surface area contributed by atoms with E-state index in [0.717, 1.165) is 40.3 Å². The summed E-state index contributed by atoms with van der Waals surface area (Å²) in [5.74, 6) is 1.54. The van der Waals surface area contributed by atoms with Gasteiger partial charge in [-0.1, -0.05) is 75.9 Å². The van der Waals surface area contributed by atoms with Gasteiger partial charge in [-0.05, 0) is 77.2 Å². The third-order valence-electron chi connectivity index (χ3n) is 6.62. The molecule has 0 N–H and O–H groups in total. The van der Waals surface area contributed by atoms with E-state index in [-0.39, 0.29) is 0 Å². The number of ether oxygens (including phenoxy) is 2. The first kappa shape index (κ1) is 26.4. The Bertz CT molecular complexity index is 1520. The summed E-state index contributed by atoms with van der Waals surface area (Å²) >= 11 is 0. The number of hydrogen-bond donors (Lipinski definition) is 0. The lowest BCUT2D eigenvalue weighted by Crippen LogP contribution is -2.09. The van der Waals surface area contributed by atoms with E-state index in [0.29, 0.717) is 28.7 Å². The summed E-state index contributed by atoms with van der Waals surface area (Å²) in [6, 6.07) is 27.5. The normalized spacial score (nSPS) is 12.0. The predicted octanol–water partition coefficient (Wildman–Crippen LogP) is 8.81. The quantitative estimate of drug-likeness (QED) is 0.0995. The Morgan fingerprint density at radius 3 is 2.16 bits per heavy atom. The Balaban J connectivity index is 1.78. The van der Waals surface area contributed by atoms with E-state index in [1.54, 1.807) is 0 Å². The van der Waals surface area contributed by atoms with E-state index >= 15 is 0 Å². The van der Waals surface area contributed by atoms with Gasteiger partial charge in [0.2, 0.25) is 0 Å². The highest BCUT2D eigenvalue weighted by Gasteiger charge is 2.21. The third-order valence-corrected chi connectivity index (χ3v) is 6.62. The second-order valence-electron chi connectivity index (χ2n) is 9.11. The van der Waals surface area contributed by atoms with Gasteiger partial charge in [0.05, 0.1) is 17.2 Å². The number of allylic oxidation sites excluding steroid dienone is 1. The Morgan fingerprint density at radius 1 is 0.947 bits per heavy atom. The SMILES string of the molecule is C=CC(=O)Oc1c(/C(=C\CC)Oc2ccc(-c3ccc(C#N)cc3)cc2)cc(C(C)CC)c2ccccc12. The van der Waals surface area contributed by atoms with Crippen LogP contribution in [0.2, 0.25) is 0 Å². The van der Waals surface area contributed by atoms with Crippen LogP contribution in [-0.4, -0.2) is 5.97 Å². The topological polar surface area (TPSA) is 59.3 Å². The molecule has 0 saturated heterocycles. The van der Waals surface area contributed by atoms with Gasteiger partial charge >= 0.3 is 5.97 Å². The van der Waals surface area contributed by atoms with E-state index < -0.39 is 5.97 Å². The Hall–Kier alpha value is -4.62. The van der Waals surface area contributed by atoms with Gasteiger partial charge in [-0.3, -0.25) is 0 Å². The molecule has 4 rings (SSSR count). The molecule has 1 atom stereocenters. The largest absolute Gasteiger partial charge is 0.457 e. The van der Waals surface area contributed by atoms with Gasteiger partial charge in [0, 0.05) is 11.5 Å². The maximum absolute atomic E-state index is 12.4. The van der Waals surface area contributed by atoms with Crippen molar-refractivity contribution in [3.05, 3.63) is 114 Å². The molecule has 0 spiro atoms. The van der Waals surface area contributed by atoms with Crippen LogP contribution in [0.5, 0.6) is 11.5 Å². The number of nitriles is 1. The summed E-state index contributed by atoms with van der Waals surface area (Å²) in [5, 5.41) is 11.0. The molecule has 4 heteroatoms. The fraction of sp³-hybridized carbons (Fsp3) is 0.176. The Morgan fingerprint density at radius 2 is 1.58 bits per heavy atom. The number of nitrogens with zero attached hydrogens (tertiary/aromatic N) is 1. The van der Waals surface area contributed by atoms with Crippen LogP contribution < -0.4 is 9.47 Å². The molecule has 190 valence electrons. The average molecular weight is 502 g/mol. The van der Waals surface area contributed by atoms with E-state index in [9.17, 15) is 4.79 Å². The Kier molecular flexibility index (Phi) is 8.40. The molecule has 1 unspecified atom stereocenters. The van der Waals surface area contributed by atoms with Crippen LogP contribution >= 0.6 is 0 Å². The second kappa shape index (κ2) is 12.1. The zero-order chi connectivity index (χ0) is 27.1. The molecule has 38 heavy (non-hydrogen) atoms. The summed E-state index contributed by atoms with van der Waals surface area (Å²) in [4.78, 5) is 12.4. The zero-order valence-electron chi connectivity index (χ0n) is 22.0. The molecule has 0 bridgehead atoms. The third kappa shape index (κ3) is 5.68. The predicted molar refractivity (Wildman–Crippen MR) is 154 cm³/mol. The van der Waals surface area contributed by atoms with Crippen molar-refractivity contribution in [1.29, 1.82) is 5.26 Å². The molecule has 4 nitrogen and oxygen atoms in total. The highest BCUT2D eigenvalue weighted by Crippen LogP contribution is 2.41. The van der Waals surface area contributed by atoms with Crippen molar-refractivity contribution in [3.63, 3.8) is 0 Å². The molecule has 0 aromatic heterocycles. The van der Waals surface area contributed by atoms with Crippen molar-refractivity contribution in [2.75, 3.05) is 0 Å². The average Bonchev–Trinajstić information content (AvgIpc) is 2.97. The van der Waals surface area contributed by atoms with Crippen molar-refractivity contribution in [1.82, 2.24) is 0 Å². The van der Waals surface area contributed by atoms with E-state index in [1.807, 2.05) is 79.7 Å². The van der Waals surface area contributed by atoms with E-state index in [4.69, 9.17) is 14.7 Å². The van der Waals surface area contributed by atoms with Crippen molar-refractivity contribution in [2.45, 2.75) is 39.5 Å². The molecule has 0 aliphatic carbocycles. The molecule has 0 fully saturated rings. The number of carbonyl (C=O) groups is 1. The maximum Gasteiger partial charge on any atom is 0.335 e. The molecular formula is C34H31NO3. The molecule has 4 aromatic carbocycles. The van der Waals surface area contributed by atoms with Crippen LogP contribution in [0.1, 0.15) is 56.2 Å². The number of rotatable bonds is 9. The van der Waals surface area contributed by atoms with E-state index in [1.165, 1.54) is 11.6 Å². The lowest BCUT2D eigenvalue weighted by Gasteiger charge is -2.21. The number of benzene rings is 4. The Labute approximate surface area is 224 Å². The van der Waals surface area contributed by atoms with Crippen LogP contribution in [0.25, 0.3) is 27.7 Å². The van der Waals surface area contributed by atoms with E-state index in [2.05, 4.69) is 38.6 Å². The van der Waals surface area contributed by atoms with Crippen LogP contribution in [0.15, 0.2) is 97.6 Å². The molecule has 4 aromatic rings. The number of esters is 1. The maximum atomic E-state index is 12.4. The van der Waals surface area contributed by atoms with Crippen LogP contribution in [0.4, 0.5) is 0 Å². The zero-order valence-corrected chi connectivity index (χ0v) is 22.0. The van der Waals surface area contributed by atoms with Crippen LogP contribution in [0.3, 0.4) is 0 Å². The second-order valence-corrected chi connectivity index (χ2v) is 9.11. The lowest BCUT2D eigenvalue weighted by molar-refractivity contribution is -0.128. The number of hydrogen-bond acceptors (Lipinski definition) is 4. The summed E-state index contributed by atoms with van der Waals surface area (Å²) in [5.41, 5.74) is 4.58. The van der Waals surface area contributed by atoms with Crippen LogP contribution in [0, 0.1) is 11.3 Å². The fourth-order valence-electron chi connectivity index (χ4n) is 4.41. The van der Waals surface area contributed by atoms with Crippen LogP contribution in [-0.2, 0) is 4.79 Å². The molecule has 0 heterocycles. The van der Waals surface area contributed by atoms with Gasteiger partial charge in [-0.15, -0.1) is 0 Å². The molecular weight excluding hydrogens is 470 g/mol. The van der Waals surface area contributed by atoms with Crippen molar-refractivity contribution in [2.24, 2.45) is 0 Å². The number of fused-ring (bicyclic) bond motifs is 1. The molecule has 0 amide bonds. The smallest absolute Gasteiger partial charge is 0.335 e. The first-order valence-electron chi connectivity index (χ1n) is 12.9. The summed E-state index contributed by atoms with van der Waals surface area (Å²) in [6.07, 6.45) is 4.88. The van der Waals surface area contributed by atoms with Crippen molar-refractivity contribution in [3.8, 4) is 28.7 Å². The molecule has 0 saturated carbocycles. The van der Waals surface area contributed by atoms with Gasteiger partial charge in [-0.2, -0.15) is 5.26 Å². The molecule has 0 aliphatic heterocycles. The molecule has 0 aliphatic rings. The van der Waals surface area contributed by atoms with Gasteiger partial charge in [0.15, 0.2) is 0 Å². The fourth-order valence-corrected chi connectivity index (χ4v) is 4.41. The highest BCUT2D eigenvalue weighted by molar-refractivity contribution is 5.98. The summed E-state index contributed by atoms with van der Waals surface area (Å²) in [6.45, 7) is 9.99. The van der Waals surface area contributed by atoms with Gasteiger partial charge in [-0.25, -0.2) is 4.79 Å². The first-order chi connectivity index (χ1) is 18.5. The van der Waals surface area contributed by atoms with Gasteiger partial charge in [0.25, 0.3) is 0 Å². The van der Waals surface area contributed by atoms with Crippen molar-refractivity contribution >= 4 is 22.5 Å². The standard InChI is InChI=1S/C34H31NO3/c1-5-10-32(37-27-19-17-26(18-20-27)25-15-13-24(22-35)14-16-25)31-21-30(23(4)6-2)28-11-8-9-12-29(28)34(31)38-33(36)7-3/h7-21,23H,3,5-6H2,1-2,4H3/b32-10+. The van der Waals surface area contributed by atoms with Gasteiger partial charge in [0.1, 0.15) is 17.3 Å². The first-order valence-corrected chi connectivity index (χ1v) is 12.9. The summed E-state index contributed by atoms with van der Waals surface area (Å²) < 4.78 is 12.3.